The van der Waals surface area contributed by atoms with Crippen LogP contribution in [0.1, 0.15) is 25.3 Å². The lowest BCUT2D eigenvalue weighted by Crippen LogP contribution is -2.13. The molecular formula is C14H13N3O4S2. The van der Waals surface area contributed by atoms with Gasteiger partial charge >= 0.3 is 5.97 Å². The molecule has 2 rings (SSSR count). The third-order valence-corrected chi connectivity index (χ3v) is 4.85. The maximum atomic E-state index is 12.2. The number of aromatic nitrogens is 1. The molecule has 0 atom stereocenters. The molecule has 7 nitrogen and oxygen atoms in total. The van der Waals surface area contributed by atoms with E-state index in [1.54, 1.807) is 0 Å². The topological polar surface area (TPSA) is 109 Å². The van der Waals surface area contributed by atoms with Crippen molar-refractivity contribution in [1.82, 2.24) is 4.98 Å². The lowest BCUT2D eigenvalue weighted by Gasteiger charge is -2.05. The van der Waals surface area contributed by atoms with E-state index in [-0.39, 0.29) is 27.9 Å². The van der Waals surface area contributed by atoms with E-state index in [2.05, 4.69) is 9.71 Å². The second-order valence-electron chi connectivity index (χ2n) is 4.46. The predicted octanol–water partition coefficient (Wildman–Crippen LogP) is 2.52. The molecule has 0 saturated heterocycles. The fourth-order valence-corrected chi connectivity index (χ4v) is 3.54. The van der Waals surface area contributed by atoms with Crippen molar-refractivity contribution >= 4 is 32.5 Å². The van der Waals surface area contributed by atoms with Crippen molar-refractivity contribution in [3.63, 3.8) is 0 Å². The van der Waals surface area contributed by atoms with Gasteiger partial charge in [0.1, 0.15) is 0 Å². The van der Waals surface area contributed by atoms with Gasteiger partial charge in [0.2, 0.25) is 5.88 Å². The first kappa shape index (κ1) is 16.9. The summed E-state index contributed by atoms with van der Waals surface area (Å²) in [5.41, 5.74) is 0.237. The molecule has 2 aromatic rings. The number of benzene rings is 1. The van der Waals surface area contributed by atoms with E-state index in [1.807, 2.05) is 13.0 Å². The Kier molecular flexibility index (Phi) is 5.31. The number of nitrogens with zero attached hydrogens (tertiary/aromatic N) is 2. The normalized spacial score (nSPS) is 10.8. The number of esters is 1. The van der Waals surface area contributed by atoms with Gasteiger partial charge in [-0.25, -0.2) is 8.42 Å². The van der Waals surface area contributed by atoms with E-state index in [4.69, 9.17) is 10.00 Å². The van der Waals surface area contributed by atoms with Crippen molar-refractivity contribution in [1.29, 1.82) is 5.26 Å². The van der Waals surface area contributed by atoms with Crippen LogP contribution in [-0.2, 0) is 14.8 Å². The number of rotatable bonds is 6. The van der Waals surface area contributed by atoms with Gasteiger partial charge in [-0.15, -0.1) is 11.3 Å². The first-order valence-corrected chi connectivity index (χ1v) is 9.00. The lowest BCUT2D eigenvalue weighted by molar-refractivity contribution is -0.134. The van der Waals surface area contributed by atoms with Crippen LogP contribution in [0.4, 0.5) is 5.13 Å². The minimum atomic E-state index is -3.86. The van der Waals surface area contributed by atoms with Gasteiger partial charge in [0.15, 0.2) is 5.13 Å². The smallest absolute Gasteiger partial charge is 0.312 e. The molecule has 1 heterocycles. The first-order valence-electron chi connectivity index (χ1n) is 6.64. The summed E-state index contributed by atoms with van der Waals surface area (Å²) in [6, 6.07) is 7.50. The number of hydrogen-bond acceptors (Lipinski definition) is 7. The number of thiazole rings is 1. The third kappa shape index (κ3) is 4.51. The summed E-state index contributed by atoms with van der Waals surface area (Å²) in [5.74, 6) is -0.370. The van der Waals surface area contributed by atoms with E-state index in [0.717, 1.165) is 11.3 Å². The third-order valence-electron chi connectivity index (χ3n) is 2.65. The van der Waals surface area contributed by atoms with Gasteiger partial charge in [0.25, 0.3) is 10.0 Å². The van der Waals surface area contributed by atoms with E-state index in [1.165, 1.54) is 29.6 Å². The molecule has 0 aliphatic rings. The highest BCUT2D eigenvalue weighted by Crippen LogP contribution is 2.24. The zero-order chi connectivity index (χ0) is 16.9. The maximum Gasteiger partial charge on any atom is 0.312 e. The SMILES string of the molecule is CCCC(=O)Oc1csc(NS(=O)(=O)c2cccc(C#N)c2)n1. The molecule has 0 bridgehead atoms. The number of nitriles is 1. The van der Waals surface area contributed by atoms with Gasteiger partial charge in [0.05, 0.1) is 21.9 Å². The summed E-state index contributed by atoms with van der Waals surface area (Å²) in [6.45, 7) is 1.84. The Labute approximate surface area is 137 Å². The first-order chi connectivity index (χ1) is 10.9. The summed E-state index contributed by atoms with van der Waals surface area (Å²) in [4.78, 5) is 15.2. The molecule has 1 N–H and O–H groups in total. The summed E-state index contributed by atoms with van der Waals surface area (Å²) in [7, 11) is -3.86. The Morgan fingerprint density at radius 3 is 2.96 bits per heavy atom. The van der Waals surface area contributed by atoms with Crippen molar-refractivity contribution in [3.05, 3.63) is 35.2 Å². The van der Waals surface area contributed by atoms with Crippen LogP contribution in [-0.4, -0.2) is 19.4 Å². The number of carbonyl (C=O) groups excluding carboxylic acids is 1. The number of hydrogen-bond donors (Lipinski definition) is 1. The lowest BCUT2D eigenvalue weighted by atomic mass is 10.2. The summed E-state index contributed by atoms with van der Waals surface area (Å²) in [6.07, 6.45) is 0.914. The fourth-order valence-electron chi connectivity index (χ4n) is 1.63. The van der Waals surface area contributed by atoms with Crippen LogP contribution in [0.2, 0.25) is 0 Å². The van der Waals surface area contributed by atoms with Crippen LogP contribution in [0.5, 0.6) is 5.88 Å². The average molecular weight is 351 g/mol. The van der Waals surface area contributed by atoms with Crippen molar-refractivity contribution < 1.29 is 17.9 Å². The minimum absolute atomic E-state index is 0.0451. The standard InChI is InChI=1S/C14H13N3O4S2/c1-2-4-13(18)21-12-9-22-14(16-12)17-23(19,20)11-6-3-5-10(7-11)8-15/h3,5-7,9H,2,4H2,1H3,(H,16,17). The maximum absolute atomic E-state index is 12.2. The molecule has 0 aliphatic carbocycles. The Morgan fingerprint density at radius 1 is 1.48 bits per heavy atom. The summed E-state index contributed by atoms with van der Waals surface area (Å²) < 4.78 is 31.7. The van der Waals surface area contributed by atoms with Gasteiger partial charge in [-0.3, -0.25) is 9.52 Å². The monoisotopic (exact) mass is 351 g/mol. The highest BCUT2D eigenvalue weighted by atomic mass is 32.2. The summed E-state index contributed by atoms with van der Waals surface area (Å²) >= 11 is 0.997. The molecule has 0 saturated carbocycles. The van der Waals surface area contributed by atoms with E-state index in [9.17, 15) is 13.2 Å². The van der Waals surface area contributed by atoms with E-state index in [0.29, 0.717) is 6.42 Å². The molecule has 23 heavy (non-hydrogen) atoms. The molecule has 0 radical (unpaired) electrons. The van der Waals surface area contributed by atoms with Crippen LogP contribution < -0.4 is 9.46 Å². The Morgan fingerprint density at radius 2 is 2.26 bits per heavy atom. The zero-order valence-corrected chi connectivity index (χ0v) is 13.8. The number of anilines is 1. The van der Waals surface area contributed by atoms with E-state index < -0.39 is 16.0 Å². The molecule has 0 fully saturated rings. The number of carbonyl (C=O) groups is 1. The molecular weight excluding hydrogens is 338 g/mol. The number of ether oxygens (including phenoxy) is 1. The second-order valence-corrected chi connectivity index (χ2v) is 7.00. The van der Waals surface area contributed by atoms with Crippen LogP contribution in [0, 0.1) is 11.3 Å². The molecule has 1 aromatic carbocycles. The summed E-state index contributed by atoms with van der Waals surface area (Å²) in [5, 5.41) is 10.3. The van der Waals surface area contributed by atoms with Gasteiger partial charge in [0, 0.05) is 6.42 Å². The molecule has 0 unspecified atom stereocenters. The molecule has 9 heteroatoms. The van der Waals surface area contributed by atoms with Crippen LogP contribution in [0.3, 0.4) is 0 Å². The predicted molar refractivity (Wildman–Crippen MR) is 84.6 cm³/mol. The van der Waals surface area contributed by atoms with Crippen LogP contribution in [0.15, 0.2) is 34.5 Å². The molecule has 120 valence electrons. The molecule has 0 spiro atoms. The molecule has 0 amide bonds. The zero-order valence-electron chi connectivity index (χ0n) is 12.1. The van der Waals surface area contributed by atoms with Gasteiger partial charge in [-0.05, 0) is 24.6 Å². The highest BCUT2D eigenvalue weighted by Gasteiger charge is 2.17. The minimum Gasteiger partial charge on any atom is -0.406 e. The largest absolute Gasteiger partial charge is 0.406 e. The Balaban J connectivity index is 2.13. The number of nitrogens with one attached hydrogen (secondary N) is 1. The van der Waals surface area contributed by atoms with Crippen molar-refractivity contribution in [2.24, 2.45) is 0 Å². The molecule has 1 aromatic heterocycles. The van der Waals surface area contributed by atoms with Crippen molar-refractivity contribution in [2.75, 3.05) is 4.72 Å². The second kappa shape index (κ2) is 7.21. The quantitative estimate of drug-likeness (QED) is 0.801. The van der Waals surface area contributed by atoms with Crippen molar-refractivity contribution in [3.8, 4) is 11.9 Å². The number of sulfonamides is 1. The Hall–Kier alpha value is -2.44. The van der Waals surface area contributed by atoms with Gasteiger partial charge < -0.3 is 4.74 Å². The van der Waals surface area contributed by atoms with Crippen LogP contribution in [0.25, 0.3) is 0 Å². The van der Waals surface area contributed by atoms with E-state index >= 15 is 0 Å². The highest BCUT2D eigenvalue weighted by molar-refractivity contribution is 7.93. The van der Waals surface area contributed by atoms with Gasteiger partial charge in [-0.1, -0.05) is 13.0 Å². The average Bonchev–Trinajstić information content (AvgIpc) is 2.93. The van der Waals surface area contributed by atoms with Crippen LogP contribution >= 0.6 is 11.3 Å². The van der Waals surface area contributed by atoms with Gasteiger partial charge in [-0.2, -0.15) is 10.2 Å². The fraction of sp³-hybridized carbons (Fsp3) is 0.214. The Bertz CT molecular complexity index is 853. The molecule has 0 aliphatic heterocycles. The van der Waals surface area contributed by atoms with Crippen molar-refractivity contribution in [2.45, 2.75) is 24.7 Å².